The number of ether oxygens (including phenoxy) is 3. The molecule has 1 aliphatic heterocycles. The number of carbonyl (C=O) groups is 1. The molecule has 41 heavy (non-hydrogen) atoms. The van der Waals surface area contributed by atoms with Crippen LogP contribution in [0.3, 0.4) is 0 Å². The standard InChI is InChI=1S/C29H31N3O8S/c1-16-21-24(33)32(28(2,3)26(34)35)27(36)31(25(21)41-22(16)23-30-9-10-39-23)13-20(18-7-5-6-8-19(18)37-4)40-17-11-29(12-17)14-38-15-29/h5-10,17,20H,11-15H2,1-4H3,(H,34,35). The van der Waals surface area contributed by atoms with Gasteiger partial charge in [-0.1, -0.05) is 18.2 Å². The number of aliphatic carboxylic acids is 1. The molecule has 1 atom stereocenters. The number of methoxy groups -OCH3 is 1. The van der Waals surface area contributed by atoms with Crippen molar-refractivity contribution in [3.8, 4) is 16.5 Å². The van der Waals surface area contributed by atoms with E-state index in [9.17, 15) is 19.5 Å². The molecule has 12 heteroatoms. The van der Waals surface area contributed by atoms with E-state index >= 15 is 0 Å². The van der Waals surface area contributed by atoms with Crippen LogP contribution in [0.4, 0.5) is 0 Å². The lowest BCUT2D eigenvalue weighted by Gasteiger charge is -2.53. The van der Waals surface area contributed by atoms with E-state index in [4.69, 9.17) is 18.6 Å². The van der Waals surface area contributed by atoms with Gasteiger partial charge in [-0.2, -0.15) is 0 Å². The van der Waals surface area contributed by atoms with Crippen molar-refractivity contribution in [3.05, 3.63) is 68.7 Å². The second-order valence-corrected chi connectivity index (χ2v) is 12.4. The highest BCUT2D eigenvalue weighted by Gasteiger charge is 2.51. The van der Waals surface area contributed by atoms with Crippen LogP contribution in [0.15, 0.2) is 50.7 Å². The molecule has 0 radical (unpaired) electrons. The van der Waals surface area contributed by atoms with Crippen molar-refractivity contribution in [1.29, 1.82) is 0 Å². The van der Waals surface area contributed by atoms with Crippen LogP contribution in [0.5, 0.6) is 5.75 Å². The number of carboxylic acids is 1. The summed E-state index contributed by atoms with van der Waals surface area (Å²) in [7, 11) is 1.57. The van der Waals surface area contributed by atoms with Gasteiger partial charge in [0, 0.05) is 11.0 Å². The summed E-state index contributed by atoms with van der Waals surface area (Å²) in [4.78, 5) is 45.5. The van der Waals surface area contributed by atoms with Crippen LogP contribution in [-0.2, 0) is 26.4 Å². The van der Waals surface area contributed by atoms with E-state index in [0.29, 0.717) is 26.9 Å². The lowest BCUT2D eigenvalue weighted by Crippen LogP contribution is -2.55. The number of aromatic nitrogens is 3. The van der Waals surface area contributed by atoms with E-state index in [2.05, 4.69) is 4.98 Å². The van der Waals surface area contributed by atoms with E-state index in [0.717, 1.165) is 36.2 Å². The molecule has 2 fully saturated rings. The number of benzene rings is 1. The van der Waals surface area contributed by atoms with Crippen molar-refractivity contribution in [2.75, 3.05) is 20.3 Å². The van der Waals surface area contributed by atoms with Crippen molar-refractivity contribution in [2.24, 2.45) is 5.41 Å². The van der Waals surface area contributed by atoms with Crippen LogP contribution in [0, 0.1) is 12.3 Å². The van der Waals surface area contributed by atoms with E-state index in [1.165, 1.54) is 42.2 Å². The fourth-order valence-corrected chi connectivity index (χ4v) is 7.05. The Morgan fingerprint density at radius 2 is 2.00 bits per heavy atom. The second kappa shape index (κ2) is 9.97. The number of nitrogens with zero attached hydrogens (tertiary/aromatic N) is 3. The van der Waals surface area contributed by atoms with E-state index < -0.39 is 28.9 Å². The molecule has 1 saturated heterocycles. The zero-order valence-electron chi connectivity index (χ0n) is 23.2. The third-order valence-electron chi connectivity index (χ3n) is 8.25. The van der Waals surface area contributed by atoms with Crippen molar-refractivity contribution in [1.82, 2.24) is 14.1 Å². The Balaban J connectivity index is 1.54. The Bertz CT molecular complexity index is 1740. The number of para-hydroxylation sites is 1. The van der Waals surface area contributed by atoms with E-state index in [-0.39, 0.29) is 23.4 Å². The number of fused-ring (bicyclic) bond motifs is 1. The van der Waals surface area contributed by atoms with Crippen LogP contribution in [-0.4, -0.2) is 51.6 Å². The van der Waals surface area contributed by atoms with Gasteiger partial charge >= 0.3 is 11.7 Å². The van der Waals surface area contributed by atoms with Gasteiger partial charge in [0.1, 0.15) is 28.5 Å². The molecule has 2 aliphatic rings. The third-order valence-corrected chi connectivity index (χ3v) is 9.55. The summed E-state index contributed by atoms with van der Waals surface area (Å²) >= 11 is 1.21. The molecule has 4 heterocycles. The molecule has 1 saturated carbocycles. The SMILES string of the molecule is COc1ccccc1C(Cn1c(=O)n(C(C)(C)C(=O)O)c(=O)c2c(C)c(-c3ncco3)sc21)OC1CC2(COC2)C1. The fourth-order valence-electron chi connectivity index (χ4n) is 5.81. The molecule has 1 spiro atoms. The van der Waals surface area contributed by atoms with Gasteiger partial charge in [0.05, 0.1) is 49.4 Å². The van der Waals surface area contributed by atoms with Gasteiger partial charge < -0.3 is 23.7 Å². The predicted molar refractivity (Wildman–Crippen MR) is 151 cm³/mol. The van der Waals surface area contributed by atoms with Crippen molar-refractivity contribution in [2.45, 2.75) is 57.9 Å². The topological polar surface area (TPSA) is 135 Å². The fraction of sp³-hybridized carbons (Fsp3) is 0.448. The number of oxazole rings is 1. The van der Waals surface area contributed by atoms with Gasteiger partial charge in [0.15, 0.2) is 0 Å². The Labute approximate surface area is 238 Å². The number of carboxylic acid groups (broad SMARTS) is 1. The first kappa shape index (κ1) is 27.4. The largest absolute Gasteiger partial charge is 0.496 e. The second-order valence-electron chi connectivity index (χ2n) is 11.4. The van der Waals surface area contributed by atoms with Crippen LogP contribution >= 0.6 is 11.3 Å². The Hall–Kier alpha value is -3.74. The molecular weight excluding hydrogens is 550 g/mol. The van der Waals surface area contributed by atoms with Crippen molar-refractivity contribution in [3.63, 3.8) is 0 Å². The highest BCUT2D eigenvalue weighted by Crippen LogP contribution is 2.50. The molecule has 1 N–H and O–H groups in total. The summed E-state index contributed by atoms with van der Waals surface area (Å²) in [6, 6.07) is 7.45. The lowest BCUT2D eigenvalue weighted by molar-refractivity contribution is -0.221. The molecule has 11 nitrogen and oxygen atoms in total. The normalized spacial score (nSPS) is 17.4. The number of thiophene rings is 1. The third kappa shape index (κ3) is 4.41. The van der Waals surface area contributed by atoms with Crippen LogP contribution < -0.4 is 16.0 Å². The quantitative estimate of drug-likeness (QED) is 0.312. The monoisotopic (exact) mass is 581 g/mol. The van der Waals surface area contributed by atoms with Crippen LogP contribution in [0.1, 0.15) is 43.9 Å². The average Bonchev–Trinajstić information content (AvgIpc) is 3.54. The highest BCUT2D eigenvalue weighted by atomic mass is 32.1. The maximum absolute atomic E-state index is 14.1. The summed E-state index contributed by atoms with van der Waals surface area (Å²) in [5.41, 5.74) is -1.77. The van der Waals surface area contributed by atoms with Crippen LogP contribution in [0.2, 0.25) is 0 Å². The van der Waals surface area contributed by atoms with Gasteiger partial charge in [0.2, 0.25) is 5.89 Å². The van der Waals surface area contributed by atoms with Gasteiger partial charge in [0.25, 0.3) is 5.56 Å². The summed E-state index contributed by atoms with van der Waals surface area (Å²) in [5.74, 6) is -0.389. The predicted octanol–water partition coefficient (Wildman–Crippen LogP) is 3.95. The first-order chi connectivity index (χ1) is 19.6. The minimum absolute atomic E-state index is 0.0245. The molecular formula is C29H31N3O8S. The summed E-state index contributed by atoms with van der Waals surface area (Å²) in [6.45, 7) is 5.90. The van der Waals surface area contributed by atoms with Gasteiger partial charge in [-0.05, 0) is 45.2 Å². The molecule has 0 amide bonds. The summed E-state index contributed by atoms with van der Waals surface area (Å²) in [5, 5.41) is 10.3. The first-order valence-corrected chi connectivity index (χ1v) is 14.2. The number of aryl methyl sites for hydroxylation is 1. The molecule has 6 rings (SSSR count). The molecule has 1 aliphatic carbocycles. The molecule has 1 unspecified atom stereocenters. The molecule has 216 valence electrons. The summed E-state index contributed by atoms with van der Waals surface area (Å²) in [6.07, 6.45) is 3.96. The maximum Gasteiger partial charge on any atom is 0.333 e. The van der Waals surface area contributed by atoms with Crippen LogP contribution in [0.25, 0.3) is 21.0 Å². The smallest absolute Gasteiger partial charge is 0.333 e. The van der Waals surface area contributed by atoms with Crippen molar-refractivity contribution >= 4 is 27.5 Å². The van der Waals surface area contributed by atoms with E-state index in [1.807, 2.05) is 24.3 Å². The highest BCUT2D eigenvalue weighted by molar-refractivity contribution is 7.22. The number of hydrogen-bond acceptors (Lipinski definition) is 9. The van der Waals surface area contributed by atoms with E-state index in [1.54, 1.807) is 14.0 Å². The minimum atomic E-state index is -1.81. The van der Waals surface area contributed by atoms with Crippen molar-refractivity contribution < 1.29 is 28.5 Å². The molecule has 1 aromatic carbocycles. The van der Waals surface area contributed by atoms with Gasteiger partial charge in [-0.15, -0.1) is 11.3 Å². The Kier molecular flexibility index (Phi) is 6.67. The Morgan fingerprint density at radius 3 is 2.61 bits per heavy atom. The number of hydrogen-bond donors (Lipinski definition) is 1. The zero-order valence-corrected chi connectivity index (χ0v) is 24.0. The number of rotatable bonds is 9. The molecule has 3 aromatic heterocycles. The lowest BCUT2D eigenvalue weighted by atomic mass is 9.65. The molecule has 0 bridgehead atoms. The van der Waals surface area contributed by atoms with Gasteiger partial charge in [-0.25, -0.2) is 19.1 Å². The average molecular weight is 582 g/mol. The molecule has 4 aromatic rings. The Morgan fingerprint density at radius 1 is 1.27 bits per heavy atom. The maximum atomic E-state index is 14.1. The summed E-state index contributed by atoms with van der Waals surface area (Å²) < 4.78 is 25.5. The minimum Gasteiger partial charge on any atom is -0.496 e. The zero-order chi connectivity index (χ0) is 29.1. The van der Waals surface area contributed by atoms with Gasteiger partial charge in [-0.3, -0.25) is 9.36 Å². The first-order valence-electron chi connectivity index (χ1n) is 13.3.